The summed E-state index contributed by atoms with van der Waals surface area (Å²) in [5.74, 6) is -0.267. The van der Waals surface area contributed by atoms with E-state index in [1.807, 2.05) is 48.0 Å². The second-order valence-electron chi connectivity index (χ2n) is 7.59. The van der Waals surface area contributed by atoms with E-state index in [2.05, 4.69) is 5.32 Å². The molecule has 160 valence electrons. The normalized spacial score (nSPS) is 13.4. The number of carbonyl (C=O) groups is 2. The fraction of sp³-hybridized carbons (Fsp3) is 0.120. The topological polar surface area (TPSA) is 80.6 Å². The van der Waals surface area contributed by atoms with Gasteiger partial charge < -0.3 is 14.4 Å². The number of aliphatic hydroxyl groups is 1. The standard InChI is InChI=1S/C25H19ClN2O4/c1-28-18-10-13(6-5-9-29)20(32-2)12-16(18)21-19(28)11-15(14-7-3-4-8-17(14)26)22-23(21)25(31)27-24(22)30/h3-8,10-12,29H,9H2,1-2H3,(H,27,30,31)/b6-5+. The van der Waals surface area contributed by atoms with E-state index in [1.54, 1.807) is 25.3 Å². The predicted octanol–water partition coefficient (Wildman–Crippen LogP) is 4.55. The highest BCUT2D eigenvalue weighted by Crippen LogP contribution is 2.43. The number of hydrogen-bond acceptors (Lipinski definition) is 4. The van der Waals surface area contributed by atoms with E-state index >= 15 is 0 Å². The Morgan fingerprint density at radius 1 is 1.06 bits per heavy atom. The number of ether oxygens (including phenoxy) is 1. The van der Waals surface area contributed by atoms with E-state index in [0.717, 1.165) is 22.0 Å². The first-order chi connectivity index (χ1) is 15.5. The molecule has 4 aromatic rings. The molecule has 0 saturated heterocycles. The number of amides is 2. The highest BCUT2D eigenvalue weighted by molar-refractivity contribution is 6.36. The average Bonchev–Trinajstić information content (AvgIpc) is 3.24. The van der Waals surface area contributed by atoms with E-state index in [4.69, 9.17) is 16.3 Å². The molecule has 0 fully saturated rings. The number of nitrogens with one attached hydrogen (secondary N) is 1. The molecule has 0 atom stereocenters. The molecule has 1 aliphatic heterocycles. The monoisotopic (exact) mass is 446 g/mol. The average molecular weight is 447 g/mol. The summed E-state index contributed by atoms with van der Waals surface area (Å²) in [7, 11) is 3.48. The van der Waals surface area contributed by atoms with Crippen LogP contribution in [-0.2, 0) is 7.05 Å². The summed E-state index contributed by atoms with van der Waals surface area (Å²) < 4.78 is 7.54. The lowest BCUT2D eigenvalue weighted by atomic mass is 9.92. The molecule has 2 N–H and O–H groups in total. The first-order valence-electron chi connectivity index (χ1n) is 10.0. The first-order valence-corrected chi connectivity index (χ1v) is 10.4. The molecule has 1 aromatic heterocycles. The van der Waals surface area contributed by atoms with Crippen molar-refractivity contribution in [3.63, 3.8) is 0 Å². The zero-order valence-electron chi connectivity index (χ0n) is 17.4. The Bertz CT molecular complexity index is 1480. The minimum Gasteiger partial charge on any atom is -0.496 e. The van der Waals surface area contributed by atoms with E-state index in [1.165, 1.54) is 0 Å². The van der Waals surface area contributed by atoms with E-state index in [9.17, 15) is 14.7 Å². The van der Waals surface area contributed by atoms with Crippen LogP contribution >= 0.6 is 11.6 Å². The molecule has 2 heterocycles. The number of nitrogens with zero attached hydrogens (tertiary/aromatic N) is 1. The summed E-state index contributed by atoms with van der Waals surface area (Å²) in [4.78, 5) is 25.8. The van der Waals surface area contributed by atoms with E-state index < -0.39 is 11.8 Å². The molecule has 32 heavy (non-hydrogen) atoms. The van der Waals surface area contributed by atoms with Crippen molar-refractivity contribution < 1.29 is 19.4 Å². The van der Waals surface area contributed by atoms with Crippen molar-refractivity contribution in [2.24, 2.45) is 7.05 Å². The highest BCUT2D eigenvalue weighted by atomic mass is 35.5. The zero-order valence-corrected chi connectivity index (χ0v) is 18.2. The quantitative estimate of drug-likeness (QED) is 0.451. The number of hydrogen-bond donors (Lipinski definition) is 2. The molecule has 3 aromatic carbocycles. The van der Waals surface area contributed by atoms with Crippen LogP contribution in [0.15, 0.2) is 48.5 Å². The molecule has 1 aliphatic rings. The number of halogens is 1. The Kier molecular flexibility index (Phi) is 4.77. The minimum absolute atomic E-state index is 0.0900. The van der Waals surface area contributed by atoms with Crippen LogP contribution in [0.5, 0.6) is 5.75 Å². The summed E-state index contributed by atoms with van der Waals surface area (Å²) in [6.45, 7) is -0.0900. The lowest BCUT2D eigenvalue weighted by Crippen LogP contribution is -2.20. The third-order valence-electron chi connectivity index (χ3n) is 5.89. The van der Waals surface area contributed by atoms with Gasteiger partial charge in [-0.1, -0.05) is 42.0 Å². The Balaban J connectivity index is 1.95. The van der Waals surface area contributed by atoms with Gasteiger partial charge in [0.2, 0.25) is 0 Å². The number of benzene rings is 3. The SMILES string of the molecule is COc1cc2c3c4c(c(-c5ccccc5Cl)cc3n(C)c2cc1/C=C/CO)C(=O)NC4=O. The predicted molar refractivity (Wildman–Crippen MR) is 125 cm³/mol. The second-order valence-corrected chi connectivity index (χ2v) is 7.99. The number of imide groups is 1. The van der Waals surface area contributed by atoms with Gasteiger partial charge in [-0.15, -0.1) is 0 Å². The van der Waals surface area contributed by atoms with Gasteiger partial charge in [-0.05, 0) is 29.8 Å². The van der Waals surface area contributed by atoms with Crippen molar-refractivity contribution in [2.45, 2.75) is 0 Å². The summed E-state index contributed by atoms with van der Waals surface area (Å²) in [6.07, 6.45) is 3.41. The lowest BCUT2D eigenvalue weighted by molar-refractivity contribution is 0.0880. The maximum absolute atomic E-state index is 12.9. The van der Waals surface area contributed by atoms with Crippen LogP contribution in [0.4, 0.5) is 0 Å². The van der Waals surface area contributed by atoms with Crippen LogP contribution in [-0.4, -0.2) is 35.2 Å². The summed E-state index contributed by atoms with van der Waals surface area (Å²) in [6, 6.07) is 13.0. The molecule has 0 aliphatic carbocycles. The Morgan fingerprint density at radius 3 is 2.53 bits per heavy atom. The van der Waals surface area contributed by atoms with E-state index in [-0.39, 0.29) is 6.61 Å². The van der Waals surface area contributed by atoms with Gasteiger partial charge in [-0.2, -0.15) is 0 Å². The van der Waals surface area contributed by atoms with Crippen molar-refractivity contribution in [1.82, 2.24) is 9.88 Å². The number of fused-ring (bicyclic) bond motifs is 5. The van der Waals surface area contributed by atoms with Crippen molar-refractivity contribution >= 4 is 51.3 Å². The Morgan fingerprint density at radius 2 is 1.81 bits per heavy atom. The van der Waals surface area contributed by atoms with Crippen molar-refractivity contribution in [2.75, 3.05) is 13.7 Å². The number of methoxy groups -OCH3 is 1. The van der Waals surface area contributed by atoms with Crippen molar-refractivity contribution in [3.05, 3.63) is 70.3 Å². The number of aromatic nitrogens is 1. The van der Waals surface area contributed by atoms with Crippen molar-refractivity contribution in [3.8, 4) is 16.9 Å². The van der Waals surface area contributed by atoms with Gasteiger partial charge in [0.05, 0.1) is 30.4 Å². The molecular weight excluding hydrogens is 428 g/mol. The smallest absolute Gasteiger partial charge is 0.259 e. The molecular formula is C25H19ClN2O4. The Hall–Kier alpha value is -3.61. The second kappa shape index (κ2) is 7.51. The van der Waals surface area contributed by atoms with Crippen LogP contribution in [0.25, 0.3) is 39.0 Å². The lowest BCUT2D eigenvalue weighted by Gasteiger charge is -2.10. The van der Waals surface area contributed by atoms with Gasteiger partial charge >= 0.3 is 0 Å². The van der Waals surface area contributed by atoms with E-state index in [0.29, 0.717) is 38.4 Å². The van der Waals surface area contributed by atoms with Crippen molar-refractivity contribution in [1.29, 1.82) is 0 Å². The van der Waals surface area contributed by atoms with Crippen LogP contribution in [0.3, 0.4) is 0 Å². The highest BCUT2D eigenvalue weighted by Gasteiger charge is 2.34. The third kappa shape index (κ3) is 2.84. The van der Waals surface area contributed by atoms with Crippen LogP contribution < -0.4 is 10.1 Å². The largest absolute Gasteiger partial charge is 0.496 e. The number of rotatable bonds is 4. The van der Waals surface area contributed by atoms with Gasteiger partial charge in [0.15, 0.2) is 0 Å². The van der Waals surface area contributed by atoms with Gasteiger partial charge in [-0.3, -0.25) is 14.9 Å². The fourth-order valence-corrected chi connectivity index (χ4v) is 4.71. The van der Waals surface area contributed by atoms with Crippen LogP contribution in [0, 0.1) is 0 Å². The summed E-state index contributed by atoms with van der Waals surface area (Å²) in [5.41, 5.74) is 4.42. The van der Waals surface area contributed by atoms with Gasteiger partial charge in [0.25, 0.3) is 11.8 Å². The molecule has 0 saturated carbocycles. The molecule has 5 rings (SSSR count). The molecule has 0 unspecified atom stereocenters. The molecule has 0 radical (unpaired) electrons. The molecule has 0 spiro atoms. The molecule has 2 amide bonds. The first kappa shape index (κ1) is 20.3. The zero-order chi connectivity index (χ0) is 22.6. The summed E-state index contributed by atoms with van der Waals surface area (Å²) >= 11 is 6.46. The van der Waals surface area contributed by atoms with Gasteiger partial charge in [0.1, 0.15) is 5.75 Å². The number of aryl methyl sites for hydroxylation is 1. The van der Waals surface area contributed by atoms with Gasteiger partial charge in [0, 0.05) is 39.5 Å². The number of carbonyl (C=O) groups excluding carboxylic acids is 2. The third-order valence-corrected chi connectivity index (χ3v) is 6.22. The number of aliphatic hydroxyl groups excluding tert-OH is 1. The molecule has 7 heteroatoms. The summed E-state index contributed by atoms with van der Waals surface area (Å²) in [5, 5.41) is 13.6. The maximum atomic E-state index is 12.9. The molecule has 0 bridgehead atoms. The maximum Gasteiger partial charge on any atom is 0.259 e. The fourth-order valence-electron chi connectivity index (χ4n) is 4.47. The van der Waals surface area contributed by atoms with Gasteiger partial charge in [-0.25, -0.2) is 0 Å². The van der Waals surface area contributed by atoms with Crippen LogP contribution in [0.1, 0.15) is 26.3 Å². The van der Waals surface area contributed by atoms with Crippen LogP contribution in [0.2, 0.25) is 5.02 Å². The minimum atomic E-state index is -0.437. The Labute approximate surface area is 188 Å². The molecule has 6 nitrogen and oxygen atoms in total.